The van der Waals surface area contributed by atoms with Crippen LogP contribution in [-0.2, 0) is 4.74 Å². The van der Waals surface area contributed by atoms with Crippen molar-refractivity contribution in [3.8, 4) is 5.95 Å². The molecule has 2 aromatic rings. The molecule has 106 valence electrons. The van der Waals surface area contributed by atoms with Crippen molar-refractivity contribution in [1.29, 1.82) is 0 Å². The van der Waals surface area contributed by atoms with Crippen LogP contribution in [0.4, 0.5) is 11.9 Å². The van der Waals surface area contributed by atoms with E-state index in [1.165, 1.54) is 0 Å². The molecule has 1 saturated heterocycles. The van der Waals surface area contributed by atoms with E-state index in [-0.39, 0.29) is 5.95 Å². The number of rotatable bonds is 3. The first-order valence-electron chi connectivity index (χ1n) is 6.56. The Morgan fingerprint density at radius 3 is 2.80 bits per heavy atom. The first-order valence-corrected chi connectivity index (χ1v) is 6.56. The Morgan fingerprint density at radius 1 is 1.30 bits per heavy atom. The summed E-state index contributed by atoms with van der Waals surface area (Å²) in [5, 5.41) is 4.11. The maximum Gasteiger partial charge on any atom is 0.257 e. The zero-order valence-corrected chi connectivity index (χ0v) is 11.3. The molecule has 8 heteroatoms. The number of ether oxygens (including phenoxy) is 1. The first-order chi connectivity index (χ1) is 9.74. The lowest BCUT2D eigenvalue weighted by Gasteiger charge is -2.31. The van der Waals surface area contributed by atoms with E-state index >= 15 is 0 Å². The van der Waals surface area contributed by atoms with Gasteiger partial charge in [-0.3, -0.25) is 0 Å². The van der Waals surface area contributed by atoms with Crippen molar-refractivity contribution in [3.63, 3.8) is 0 Å². The number of hydrogen-bond acceptors (Lipinski definition) is 7. The number of hydrogen-bond donors (Lipinski definition) is 1. The molecule has 0 bridgehead atoms. The molecule has 0 aliphatic carbocycles. The van der Waals surface area contributed by atoms with Gasteiger partial charge in [-0.25, -0.2) is 4.68 Å². The van der Waals surface area contributed by atoms with Crippen molar-refractivity contribution < 1.29 is 4.74 Å². The molecule has 1 aliphatic heterocycles. The van der Waals surface area contributed by atoms with E-state index in [1.54, 1.807) is 17.1 Å². The van der Waals surface area contributed by atoms with Gasteiger partial charge < -0.3 is 15.4 Å². The topological polar surface area (TPSA) is 95.0 Å². The fraction of sp³-hybridized carbons (Fsp3) is 0.500. The van der Waals surface area contributed by atoms with Crippen LogP contribution in [0.3, 0.4) is 0 Å². The van der Waals surface area contributed by atoms with Crippen LogP contribution in [0.5, 0.6) is 0 Å². The third-order valence-corrected chi connectivity index (χ3v) is 3.39. The summed E-state index contributed by atoms with van der Waals surface area (Å²) in [5.41, 5.74) is 5.78. The highest BCUT2D eigenvalue weighted by atomic mass is 16.5. The third kappa shape index (κ3) is 2.55. The van der Waals surface area contributed by atoms with Crippen molar-refractivity contribution in [1.82, 2.24) is 24.7 Å². The summed E-state index contributed by atoms with van der Waals surface area (Å²) in [6.45, 7) is 1.53. The van der Waals surface area contributed by atoms with Crippen molar-refractivity contribution in [2.24, 2.45) is 0 Å². The summed E-state index contributed by atoms with van der Waals surface area (Å²) in [5.74, 6) is 1.19. The van der Waals surface area contributed by atoms with Crippen LogP contribution in [0, 0.1) is 0 Å². The monoisotopic (exact) mass is 275 g/mol. The lowest BCUT2D eigenvalue weighted by atomic mass is 10.1. The number of nitrogens with zero attached hydrogens (tertiary/aromatic N) is 6. The van der Waals surface area contributed by atoms with Gasteiger partial charge in [-0.1, -0.05) is 0 Å². The van der Waals surface area contributed by atoms with Gasteiger partial charge in [-0.15, -0.1) is 0 Å². The molecule has 20 heavy (non-hydrogen) atoms. The molecule has 0 aromatic carbocycles. The van der Waals surface area contributed by atoms with E-state index < -0.39 is 0 Å². The Labute approximate surface area is 116 Å². The van der Waals surface area contributed by atoms with E-state index in [9.17, 15) is 0 Å². The van der Waals surface area contributed by atoms with E-state index in [4.69, 9.17) is 10.5 Å². The largest absolute Gasteiger partial charge is 0.381 e. The Hall–Kier alpha value is -2.22. The summed E-state index contributed by atoms with van der Waals surface area (Å²) in [6, 6.07) is 2.16. The number of nitrogens with two attached hydrogens (primary N) is 1. The molecule has 3 heterocycles. The lowest BCUT2D eigenvalue weighted by molar-refractivity contribution is 0.0852. The Bertz CT molecular complexity index is 565. The van der Waals surface area contributed by atoms with Crippen molar-refractivity contribution in [2.75, 3.05) is 30.9 Å². The fourth-order valence-corrected chi connectivity index (χ4v) is 2.25. The molecule has 3 rings (SSSR count). The molecule has 0 spiro atoms. The molecular weight excluding hydrogens is 258 g/mol. The predicted octanol–water partition coefficient (Wildman–Crippen LogP) is 0.255. The number of aromatic nitrogens is 5. The average Bonchev–Trinajstić information content (AvgIpc) is 3.01. The van der Waals surface area contributed by atoms with Gasteiger partial charge in [0.25, 0.3) is 5.95 Å². The highest BCUT2D eigenvalue weighted by molar-refractivity contribution is 5.38. The molecule has 0 radical (unpaired) electrons. The van der Waals surface area contributed by atoms with Gasteiger partial charge in [0.05, 0.1) is 0 Å². The van der Waals surface area contributed by atoms with Gasteiger partial charge in [0.15, 0.2) is 0 Å². The highest BCUT2D eigenvalue weighted by Crippen LogP contribution is 2.18. The predicted molar refractivity (Wildman–Crippen MR) is 73.6 cm³/mol. The molecule has 2 N–H and O–H groups in total. The Balaban J connectivity index is 1.89. The van der Waals surface area contributed by atoms with Gasteiger partial charge in [0.1, 0.15) is 0 Å². The second-order valence-corrected chi connectivity index (χ2v) is 4.70. The van der Waals surface area contributed by atoms with Gasteiger partial charge in [-0.05, 0) is 18.9 Å². The molecule has 0 atom stereocenters. The average molecular weight is 275 g/mol. The van der Waals surface area contributed by atoms with Gasteiger partial charge in [0.2, 0.25) is 11.9 Å². The number of nitrogen functional groups attached to an aromatic ring is 1. The smallest absolute Gasteiger partial charge is 0.257 e. The fourth-order valence-electron chi connectivity index (χ4n) is 2.25. The SMILES string of the molecule is CN(c1nc(N)nc(-n2cccn2)n1)C1CCOCC1. The second kappa shape index (κ2) is 5.41. The van der Waals surface area contributed by atoms with Crippen molar-refractivity contribution >= 4 is 11.9 Å². The molecule has 0 amide bonds. The van der Waals surface area contributed by atoms with Crippen molar-refractivity contribution in [2.45, 2.75) is 18.9 Å². The van der Waals surface area contributed by atoms with Crippen LogP contribution in [0.15, 0.2) is 18.5 Å². The second-order valence-electron chi connectivity index (χ2n) is 4.70. The van der Waals surface area contributed by atoms with Gasteiger partial charge >= 0.3 is 0 Å². The van der Waals surface area contributed by atoms with Crippen LogP contribution in [0.25, 0.3) is 5.95 Å². The van der Waals surface area contributed by atoms with Crippen molar-refractivity contribution in [3.05, 3.63) is 18.5 Å². The highest BCUT2D eigenvalue weighted by Gasteiger charge is 2.21. The summed E-state index contributed by atoms with van der Waals surface area (Å²) >= 11 is 0. The van der Waals surface area contributed by atoms with Crippen LogP contribution in [-0.4, -0.2) is 51.0 Å². The summed E-state index contributed by atoms with van der Waals surface area (Å²) < 4.78 is 6.94. The minimum absolute atomic E-state index is 0.194. The van der Waals surface area contributed by atoms with Gasteiger partial charge in [0, 0.05) is 38.7 Å². The Morgan fingerprint density at radius 2 is 2.10 bits per heavy atom. The molecule has 2 aromatic heterocycles. The van der Waals surface area contributed by atoms with Crippen LogP contribution in [0.2, 0.25) is 0 Å². The molecule has 1 fully saturated rings. The standard InChI is InChI=1S/C12H17N7O/c1-18(9-3-7-20-8-4-9)11-15-10(13)16-12(17-11)19-6-2-5-14-19/h2,5-6,9H,3-4,7-8H2,1H3,(H2,13,15,16,17). The molecule has 1 aliphatic rings. The molecule has 0 saturated carbocycles. The lowest BCUT2D eigenvalue weighted by Crippen LogP contribution is -2.38. The minimum atomic E-state index is 0.194. The zero-order chi connectivity index (χ0) is 13.9. The van der Waals surface area contributed by atoms with Crippen LogP contribution in [0.1, 0.15) is 12.8 Å². The van der Waals surface area contributed by atoms with E-state index in [2.05, 4.69) is 20.1 Å². The normalized spacial score (nSPS) is 16.2. The van der Waals surface area contributed by atoms with Crippen LogP contribution < -0.4 is 10.6 Å². The molecule has 0 unspecified atom stereocenters. The maximum absolute atomic E-state index is 5.78. The Kier molecular flexibility index (Phi) is 3.46. The maximum atomic E-state index is 5.78. The summed E-state index contributed by atoms with van der Waals surface area (Å²) in [6.07, 6.45) is 5.35. The number of anilines is 2. The van der Waals surface area contributed by atoms with E-state index in [1.807, 2.05) is 18.0 Å². The van der Waals surface area contributed by atoms with Crippen LogP contribution >= 0.6 is 0 Å². The summed E-state index contributed by atoms with van der Waals surface area (Å²) in [7, 11) is 1.97. The third-order valence-electron chi connectivity index (χ3n) is 3.39. The first kappa shape index (κ1) is 12.8. The minimum Gasteiger partial charge on any atom is -0.381 e. The molecular formula is C12H17N7O. The zero-order valence-electron chi connectivity index (χ0n) is 11.3. The quantitative estimate of drug-likeness (QED) is 0.858. The van der Waals surface area contributed by atoms with Gasteiger partial charge in [-0.2, -0.15) is 20.1 Å². The van der Waals surface area contributed by atoms with E-state index in [0.717, 1.165) is 26.1 Å². The van der Waals surface area contributed by atoms with E-state index in [0.29, 0.717) is 17.9 Å². The molecule has 8 nitrogen and oxygen atoms in total. The summed E-state index contributed by atoms with van der Waals surface area (Å²) in [4.78, 5) is 14.8.